The summed E-state index contributed by atoms with van der Waals surface area (Å²) in [6.45, 7) is 8.27. The fourth-order valence-electron chi connectivity index (χ4n) is 3.23. The number of rotatable bonds is 4. The summed E-state index contributed by atoms with van der Waals surface area (Å²) in [4.78, 5) is 12.9. The normalized spacial score (nSPS) is 11.8. The van der Waals surface area contributed by atoms with E-state index in [1.807, 2.05) is 43.3 Å². The monoisotopic (exact) mass is 343 g/mol. The number of hydrogen-bond acceptors (Lipinski definition) is 1. The average molecular weight is 343 g/mol. The summed E-state index contributed by atoms with van der Waals surface area (Å²) in [6.07, 6.45) is 0. The predicted molar refractivity (Wildman–Crippen MR) is 108 cm³/mol. The van der Waals surface area contributed by atoms with Crippen LogP contribution in [0.3, 0.4) is 0 Å². The number of nitrogens with one attached hydrogen (secondary N) is 1. The van der Waals surface area contributed by atoms with Crippen molar-refractivity contribution in [2.45, 2.75) is 33.7 Å². The first kappa shape index (κ1) is 17.9. The van der Waals surface area contributed by atoms with E-state index in [0.717, 1.165) is 16.7 Å². The van der Waals surface area contributed by atoms with Crippen molar-refractivity contribution in [3.63, 3.8) is 0 Å². The lowest BCUT2D eigenvalue weighted by atomic mass is 9.93. The fourth-order valence-corrected chi connectivity index (χ4v) is 3.23. The smallest absolute Gasteiger partial charge is 0.252 e. The van der Waals surface area contributed by atoms with Crippen LogP contribution in [0.15, 0.2) is 66.7 Å². The van der Waals surface area contributed by atoms with Gasteiger partial charge in [0.1, 0.15) is 0 Å². The minimum absolute atomic E-state index is 0.0538. The van der Waals surface area contributed by atoms with Crippen molar-refractivity contribution in [1.82, 2.24) is 5.32 Å². The summed E-state index contributed by atoms with van der Waals surface area (Å²) < 4.78 is 0. The summed E-state index contributed by atoms with van der Waals surface area (Å²) in [7, 11) is 0. The van der Waals surface area contributed by atoms with Crippen molar-refractivity contribution < 1.29 is 4.79 Å². The molecule has 3 aromatic rings. The van der Waals surface area contributed by atoms with Gasteiger partial charge in [0.15, 0.2) is 0 Å². The fraction of sp³-hybridized carbons (Fsp3) is 0.208. The van der Waals surface area contributed by atoms with Crippen molar-refractivity contribution in [3.8, 4) is 0 Å². The summed E-state index contributed by atoms with van der Waals surface area (Å²) >= 11 is 0. The predicted octanol–water partition coefficient (Wildman–Crippen LogP) is 5.44. The topological polar surface area (TPSA) is 29.1 Å². The molecule has 0 aliphatic carbocycles. The maximum absolute atomic E-state index is 12.9. The standard InChI is InChI=1S/C24H25NO/c1-16-10-13-22(19(4)14-16)23(20-8-6-5-7-9-20)25-24(26)21-12-11-17(2)18(3)15-21/h5-15,23H,1-4H3,(H,25,26). The second-order valence-corrected chi connectivity index (χ2v) is 6.98. The Kier molecular flexibility index (Phi) is 5.22. The molecule has 1 N–H and O–H groups in total. The van der Waals surface area contributed by atoms with E-state index < -0.39 is 0 Å². The van der Waals surface area contributed by atoms with Crippen LogP contribution in [0.25, 0.3) is 0 Å². The van der Waals surface area contributed by atoms with E-state index >= 15 is 0 Å². The van der Waals surface area contributed by atoms with Crippen molar-refractivity contribution >= 4 is 5.91 Å². The minimum atomic E-state index is -0.175. The molecule has 0 aliphatic heterocycles. The Morgan fingerprint density at radius 1 is 0.769 bits per heavy atom. The highest BCUT2D eigenvalue weighted by molar-refractivity contribution is 5.95. The lowest BCUT2D eigenvalue weighted by Gasteiger charge is -2.22. The SMILES string of the molecule is Cc1ccc(C(NC(=O)c2ccc(C)c(C)c2)c2ccccc2)c(C)c1. The number of carbonyl (C=O) groups excluding carboxylic acids is 1. The zero-order valence-corrected chi connectivity index (χ0v) is 15.8. The maximum atomic E-state index is 12.9. The molecule has 0 aromatic heterocycles. The highest BCUT2D eigenvalue weighted by atomic mass is 16.1. The van der Waals surface area contributed by atoms with E-state index in [1.165, 1.54) is 16.7 Å². The Balaban J connectivity index is 1.98. The van der Waals surface area contributed by atoms with Gasteiger partial charge < -0.3 is 5.32 Å². The zero-order valence-electron chi connectivity index (χ0n) is 15.8. The third-order valence-corrected chi connectivity index (χ3v) is 4.91. The van der Waals surface area contributed by atoms with Gasteiger partial charge in [0.05, 0.1) is 6.04 Å². The molecule has 0 spiro atoms. The first-order valence-electron chi connectivity index (χ1n) is 8.96. The molecule has 132 valence electrons. The van der Waals surface area contributed by atoms with Crippen LogP contribution in [0.1, 0.15) is 49.8 Å². The van der Waals surface area contributed by atoms with E-state index in [1.54, 1.807) is 0 Å². The van der Waals surface area contributed by atoms with Gasteiger partial charge in [-0.2, -0.15) is 0 Å². The molecule has 0 saturated heterocycles. The van der Waals surface area contributed by atoms with Gasteiger partial charge in [0.25, 0.3) is 5.91 Å². The molecule has 3 aromatic carbocycles. The Morgan fingerprint density at radius 2 is 1.50 bits per heavy atom. The van der Waals surface area contributed by atoms with Gasteiger partial charge in [0, 0.05) is 5.56 Å². The van der Waals surface area contributed by atoms with Gasteiger partial charge in [-0.05, 0) is 67.6 Å². The van der Waals surface area contributed by atoms with Crippen molar-refractivity contribution in [2.75, 3.05) is 0 Å². The zero-order chi connectivity index (χ0) is 18.7. The maximum Gasteiger partial charge on any atom is 0.252 e. The lowest BCUT2D eigenvalue weighted by Crippen LogP contribution is -2.30. The van der Waals surface area contributed by atoms with Crippen LogP contribution in [0.5, 0.6) is 0 Å². The van der Waals surface area contributed by atoms with E-state index in [9.17, 15) is 4.79 Å². The number of amides is 1. The van der Waals surface area contributed by atoms with Crippen LogP contribution in [-0.2, 0) is 0 Å². The van der Waals surface area contributed by atoms with E-state index in [2.05, 4.69) is 56.4 Å². The quantitative estimate of drug-likeness (QED) is 0.671. The van der Waals surface area contributed by atoms with Gasteiger partial charge in [-0.3, -0.25) is 4.79 Å². The number of benzene rings is 3. The molecule has 0 aliphatic rings. The molecule has 0 fully saturated rings. The molecule has 0 bridgehead atoms. The van der Waals surface area contributed by atoms with Gasteiger partial charge in [-0.15, -0.1) is 0 Å². The molecule has 3 rings (SSSR count). The van der Waals surface area contributed by atoms with Crippen LogP contribution in [0.4, 0.5) is 0 Å². The molecule has 0 radical (unpaired) electrons. The molecule has 1 amide bonds. The summed E-state index contributed by atoms with van der Waals surface area (Å²) in [6, 6.07) is 22.2. The minimum Gasteiger partial charge on any atom is -0.341 e. The molecule has 0 heterocycles. The largest absolute Gasteiger partial charge is 0.341 e. The summed E-state index contributed by atoms with van der Waals surface area (Å²) in [5.74, 6) is -0.0538. The lowest BCUT2D eigenvalue weighted by molar-refractivity contribution is 0.0943. The molecule has 1 atom stereocenters. The molecule has 2 heteroatoms. The van der Waals surface area contributed by atoms with Crippen LogP contribution in [-0.4, -0.2) is 5.91 Å². The highest BCUT2D eigenvalue weighted by Gasteiger charge is 2.19. The second-order valence-electron chi connectivity index (χ2n) is 6.98. The molecular formula is C24H25NO. The first-order chi connectivity index (χ1) is 12.5. The van der Waals surface area contributed by atoms with Crippen LogP contribution >= 0.6 is 0 Å². The van der Waals surface area contributed by atoms with Crippen molar-refractivity contribution in [3.05, 3.63) is 106 Å². The Hall–Kier alpha value is -2.87. The highest BCUT2D eigenvalue weighted by Crippen LogP contribution is 2.26. The number of hydrogen-bond donors (Lipinski definition) is 1. The second kappa shape index (κ2) is 7.57. The van der Waals surface area contributed by atoms with Crippen LogP contribution in [0.2, 0.25) is 0 Å². The van der Waals surface area contributed by atoms with Crippen molar-refractivity contribution in [1.29, 1.82) is 0 Å². The van der Waals surface area contributed by atoms with Crippen LogP contribution < -0.4 is 5.32 Å². The molecule has 26 heavy (non-hydrogen) atoms. The Morgan fingerprint density at radius 3 is 2.15 bits per heavy atom. The van der Waals surface area contributed by atoms with Crippen molar-refractivity contribution in [2.24, 2.45) is 0 Å². The number of aryl methyl sites for hydroxylation is 4. The number of carbonyl (C=O) groups is 1. The van der Waals surface area contributed by atoms with Gasteiger partial charge in [0.2, 0.25) is 0 Å². The molecule has 2 nitrogen and oxygen atoms in total. The third kappa shape index (κ3) is 3.85. The summed E-state index contributed by atoms with van der Waals surface area (Å²) in [5, 5.41) is 3.23. The average Bonchev–Trinajstić information content (AvgIpc) is 2.63. The van der Waals surface area contributed by atoms with Crippen LogP contribution in [0, 0.1) is 27.7 Å². The van der Waals surface area contributed by atoms with Gasteiger partial charge in [-0.1, -0.05) is 60.2 Å². The molecule has 0 saturated carbocycles. The van der Waals surface area contributed by atoms with Gasteiger partial charge >= 0.3 is 0 Å². The van der Waals surface area contributed by atoms with E-state index in [4.69, 9.17) is 0 Å². The molecule has 1 unspecified atom stereocenters. The Labute approximate surface area is 155 Å². The van der Waals surface area contributed by atoms with E-state index in [-0.39, 0.29) is 11.9 Å². The summed E-state index contributed by atoms with van der Waals surface area (Å²) in [5.41, 5.74) is 7.61. The first-order valence-corrected chi connectivity index (χ1v) is 8.96. The third-order valence-electron chi connectivity index (χ3n) is 4.91. The van der Waals surface area contributed by atoms with E-state index in [0.29, 0.717) is 5.56 Å². The molecular weight excluding hydrogens is 318 g/mol. The van der Waals surface area contributed by atoms with Gasteiger partial charge in [-0.25, -0.2) is 0 Å². The Bertz CT molecular complexity index is 928.